The van der Waals surface area contributed by atoms with E-state index in [1.54, 1.807) is 12.1 Å². The molecule has 0 bridgehead atoms. The first-order chi connectivity index (χ1) is 13.8. The maximum atomic E-state index is 13.3. The zero-order valence-electron chi connectivity index (χ0n) is 16.3. The van der Waals surface area contributed by atoms with Gasteiger partial charge in [-0.1, -0.05) is 18.6 Å². The van der Waals surface area contributed by atoms with Gasteiger partial charge in [-0.2, -0.15) is 18.3 Å². The summed E-state index contributed by atoms with van der Waals surface area (Å²) in [6, 6.07) is 6.33. The third-order valence-electron chi connectivity index (χ3n) is 7.54. The summed E-state index contributed by atoms with van der Waals surface area (Å²) >= 11 is 0. The molecule has 0 radical (unpaired) electrons. The molecule has 3 aliphatic carbocycles. The Morgan fingerprint density at radius 2 is 1.90 bits per heavy atom. The zero-order valence-corrected chi connectivity index (χ0v) is 16.3. The Morgan fingerprint density at radius 1 is 1.14 bits per heavy atom. The summed E-state index contributed by atoms with van der Waals surface area (Å²) in [5.74, 6) is -1.03. The first kappa shape index (κ1) is 18.9. The molecule has 1 aromatic carbocycles. The normalized spacial score (nSPS) is 31.5. The number of benzene rings is 1. The molecule has 2 aromatic rings. The molecule has 3 aliphatic rings. The van der Waals surface area contributed by atoms with Gasteiger partial charge in [0.05, 0.1) is 17.8 Å². The molecular formula is C23H24F4N2. The monoisotopic (exact) mass is 404 g/mol. The summed E-state index contributed by atoms with van der Waals surface area (Å²) in [5.41, 5.74) is 4.31. The Balaban J connectivity index is 1.47. The van der Waals surface area contributed by atoms with Crippen molar-refractivity contribution in [1.82, 2.24) is 9.78 Å². The molecule has 0 amide bonds. The molecule has 154 valence electrons. The Hall–Kier alpha value is -2.11. The molecule has 1 fully saturated rings. The van der Waals surface area contributed by atoms with Crippen LogP contribution in [0.3, 0.4) is 0 Å². The van der Waals surface area contributed by atoms with Gasteiger partial charge < -0.3 is 0 Å². The summed E-state index contributed by atoms with van der Waals surface area (Å²) in [6.07, 6.45) is 3.48. The molecule has 1 heterocycles. The largest absolute Gasteiger partial charge is 0.392 e. The van der Waals surface area contributed by atoms with E-state index < -0.39 is 12.1 Å². The highest BCUT2D eigenvalue weighted by Gasteiger charge is 2.51. The van der Waals surface area contributed by atoms with E-state index in [9.17, 15) is 17.6 Å². The van der Waals surface area contributed by atoms with E-state index in [1.807, 2.05) is 17.0 Å². The second kappa shape index (κ2) is 6.44. The lowest BCUT2D eigenvalue weighted by atomic mass is 9.53. The van der Waals surface area contributed by atoms with E-state index in [4.69, 9.17) is 0 Å². The van der Waals surface area contributed by atoms with E-state index in [-0.39, 0.29) is 30.0 Å². The van der Waals surface area contributed by atoms with Crippen molar-refractivity contribution >= 4 is 0 Å². The molecule has 5 rings (SSSR count). The number of aromatic nitrogens is 2. The number of alkyl halides is 3. The van der Waals surface area contributed by atoms with E-state index in [0.717, 1.165) is 42.6 Å². The van der Waals surface area contributed by atoms with Crippen molar-refractivity contribution in [3.63, 3.8) is 0 Å². The molecule has 4 atom stereocenters. The van der Waals surface area contributed by atoms with Crippen LogP contribution in [0, 0.1) is 29.0 Å². The molecular weight excluding hydrogens is 380 g/mol. The van der Waals surface area contributed by atoms with Crippen LogP contribution in [0.4, 0.5) is 17.6 Å². The van der Waals surface area contributed by atoms with Gasteiger partial charge in [-0.25, -0.2) is 9.07 Å². The van der Waals surface area contributed by atoms with Crippen molar-refractivity contribution < 1.29 is 17.6 Å². The van der Waals surface area contributed by atoms with Gasteiger partial charge in [-0.05, 0) is 85.6 Å². The summed E-state index contributed by atoms with van der Waals surface area (Å²) in [7, 11) is 0. The summed E-state index contributed by atoms with van der Waals surface area (Å²) < 4.78 is 54.9. The maximum Gasteiger partial charge on any atom is 0.392 e. The minimum Gasteiger partial charge on any atom is -0.238 e. The summed E-state index contributed by atoms with van der Waals surface area (Å²) in [6.45, 7) is 2.24. The van der Waals surface area contributed by atoms with Crippen molar-refractivity contribution in [3.8, 4) is 5.69 Å². The summed E-state index contributed by atoms with van der Waals surface area (Å²) in [4.78, 5) is 0. The van der Waals surface area contributed by atoms with E-state index in [1.165, 1.54) is 17.7 Å². The predicted octanol–water partition coefficient (Wildman–Crippen LogP) is 6.04. The van der Waals surface area contributed by atoms with Crippen LogP contribution < -0.4 is 0 Å². The van der Waals surface area contributed by atoms with Crippen molar-refractivity contribution in [2.24, 2.45) is 23.2 Å². The molecule has 2 nitrogen and oxygen atoms in total. The van der Waals surface area contributed by atoms with Gasteiger partial charge in [0.1, 0.15) is 5.82 Å². The average Bonchev–Trinajstić information content (AvgIpc) is 3.07. The maximum absolute atomic E-state index is 13.3. The number of allylic oxidation sites excluding steroid dienone is 2. The van der Waals surface area contributed by atoms with Gasteiger partial charge in [-0.3, -0.25) is 0 Å². The fourth-order valence-corrected chi connectivity index (χ4v) is 5.98. The van der Waals surface area contributed by atoms with E-state index >= 15 is 0 Å². The standard InChI is InChI=1S/C23H24F4N2/c1-22-12-15-13-28-29(19-7-5-18(24)6-8-19)21(15)11-16(22)3-2-14-10-17(23(25,26)27)4-9-20(14)22/h5-9,13-14,16-17H,2-4,10-12H2,1H3/t14?,16-,17-,22+/m1/s1. The Labute approximate surface area is 167 Å². The van der Waals surface area contributed by atoms with Crippen molar-refractivity contribution in [2.75, 3.05) is 0 Å². The van der Waals surface area contributed by atoms with E-state index in [2.05, 4.69) is 12.0 Å². The van der Waals surface area contributed by atoms with Gasteiger partial charge in [0.25, 0.3) is 0 Å². The van der Waals surface area contributed by atoms with Crippen LogP contribution in [0.2, 0.25) is 0 Å². The Bertz CT molecular complexity index is 956. The molecule has 6 heteroatoms. The topological polar surface area (TPSA) is 17.8 Å². The highest BCUT2D eigenvalue weighted by atomic mass is 19.4. The Kier molecular flexibility index (Phi) is 4.20. The fraction of sp³-hybridized carbons (Fsp3) is 0.522. The van der Waals surface area contributed by atoms with Crippen LogP contribution in [0.1, 0.15) is 43.9 Å². The van der Waals surface area contributed by atoms with Crippen molar-refractivity contribution in [2.45, 2.75) is 51.6 Å². The van der Waals surface area contributed by atoms with Crippen molar-refractivity contribution in [1.29, 1.82) is 0 Å². The first-order valence-electron chi connectivity index (χ1n) is 10.3. The highest BCUT2D eigenvalue weighted by molar-refractivity contribution is 5.40. The molecule has 1 aromatic heterocycles. The number of hydrogen-bond donors (Lipinski definition) is 0. The molecule has 0 aliphatic heterocycles. The summed E-state index contributed by atoms with van der Waals surface area (Å²) in [5, 5.41) is 4.56. The first-order valence-corrected chi connectivity index (χ1v) is 10.3. The van der Waals surface area contributed by atoms with Gasteiger partial charge in [0.15, 0.2) is 0 Å². The van der Waals surface area contributed by atoms with Crippen LogP contribution in [0.25, 0.3) is 5.69 Å². The SMILES string of the molecule is C[C@]12Cc3cnn(-c4ccc(F)cc4)c3C[C@H]1CCC1C[C@H](C(F)(F)F)CC=C12. The number of fused-ring (bicyclic) bond motifs is 4. The highest BCUT2D eigenvalue weighted by Crippen LogP contribution is 2.57. The van der Waals surface area contributed by atoms with Gasteiger partial charge in [0, 0.05) is 5.69 Å². The second-order valence-electron chi connectivity index (χ2n) is 9.14. The fourth-order valence-electron chi connectivity index (χ4n) is 5.98. The zero-order chi connectivity index (χ0) is 20.4. The van der Waals surface area contributed by atoms with Gasteiger partial charge in [0.2, 0.25) is 0 Å². The van der Waals surface area contributed by atoms with Gasteiger partial charge >= 0.3 is 6.18 Å². The molecule has 29 heavy (non-hydrogen) atoms. The average molecular weight is 404 g/mol. The molecule has 1 unspecified atom stereocenters. The lowest BCUT2D eigenvalue weighted by Gasteiger charge is -2.52. The number of hydrogen-bond acceptors (Lipinski definition) is 1. The van der Waals surface area contributed by atoms with Crippen molar-refractivity contribution in [3.05, 3.63) is 59.2 Å². The third-order valence-corrected chi connectivity index (χ3v) is 7.54. The second-order valence-corrected chi connectivity index (χ2v) is 9.14. The molecule has 0 spiro atoms. The molecule has 1 saturated carbocycles. The number of nitrogens with zero attached hydrogens (tertiary/aromatic N) is 2. The number of halogens is 4. The van der Waals surface area contributed by atoms with Crippen LogP contribution in [-0.4, -0.2) is 16.0 Å². The minimum atomic E-state index is -4.10. The van der Waals surface area contributed by atoms with Crippen LogP contribution in [-0.2, 0) is 12.8 Å². The third kappa shape index (κ3) is 3.03. The predicted molar refractivity (Wildman–Crippen MR) is 102 cm³/mol. The lowest BCUT2D eigenvalue weighted by molar-refractivity contribution is -0.180. The van der Waals surface area contributed by atoms with Gasteiger partial charge in [-0.15, -0.1) is 0 Å². The van der Waals surface area contributed by atoms with Crippen LogP contribution >= 0.6 is 0 Å². The molecule has 0 N–H and O–H groups in total. The molecule has 0 saturated heterocycles. The van der Waals surface area contributed by atoms with Crippen LogP contribution in [0.15, 0.2) is 42.1 Å². The minimum absolute atomic E-state index is 0.0466. The Morgan fingerprint density at radius 3 is 2.62 bits per heavy atom. The lowest BCUT2D eigenvalue weighted by Crippen LogP contribution is -2.45. The van der Waals surface area contributed by atoms with Crippen LogP contribution in [0.5, 0.6) is 0 Å². The quantitative estimate of drug-likeness (QED) is 0.418. The number of rotatable bonds is 1. The smallest absolute Gasteiger partial charge is 0.238 e. The van der Waals surface area contributed by atoms with E-state index in [0.29, 0.717) is 5.92 Å².